The van der Waals surface area contributed by atoms with Crippen LogP contribution in [0.5, 0.6) is 0 Å². The maximum absolute atomic E-state index is 11.8. The van der Waals surface area contributed by atoms with E-state index in [0.29, 0.717) is 22.6 Å². The normalized spacial score (nSPS) is 37.0. The van der Waals surface area contributed by atoms with E-state index in [1.807, 2.05) is 0 Å². The lowest BCUT2D eigenvalue weighted by molar-refractivity contribution is -0.106. The number of aldehydes is 2. The third-order valence-corrected chi connectivity index (χ3v) is 11.8. The molecule has 2 fully saturated rings. The molecular formula is C16H26O2P2. The van der Waals surface area contributed by atoms with Crippen molar-refractivity contribution in [2.24, 2.45) is 0 Å². The second kappa shape index (κ2) is 6.80. The molecule has 4 heteroatoms. The maximum atomic E-state index is 11.8. The molecule has 0 unspecified atom stereocenters. The standard InChI is InChI=1S/C16H26O2P2/c1-11-5-6-12(2)19(11)15(9-17)16(10-18)20-13(3)7-8-14(20)4/h9-14H,5-8H2,1-4H3/b16-15-/t11-,12-,13-,14-/m1/s1. The smallest absolute Gasteiger partial charge is 0.151 e. The number of hydrogen-bond acceptors (Lipinski definition) is 2. The molecule has 2 nitrogen and oxygen atoms in total. The van der Waals surface area contributed by atoms with Crippen LogP contribution in [0.15, 0.2) is 10.6 Å². The highest BCUT2D eigenvalue weighted by Crippen LogP contribution is 2.67. The number of allylic oxidation sites excluding steroid dienone is 2. The Labute approximate surface area is 125 Å². The molecule has 0 N–H and O–H groups in total. The first-order valence-corrected chi connectivity index (χ1v) is 10.7. The molecule has 2 saturated heterocycles. The molecule has 2 rings (SSSR count). The summed E-state index contributed by atoms with van der Waals surface area (Å²) in [6, 6.07) is 0. The summed E-state index contributed by atoms with van der Waals surface area (Å²) in [5, 5.41) is 1.83. The van der Waals surface area contributed by atoms with Gasteiger partial charge in [-0.2, -0.15) is 0 Å². The Morgan fingerprint density at radius 3 is 1.15 bits per heavy atom. The summed E-state index contributed by atoms with van der Waals surface area (Å²) < 4.78 is 0. The summed E-state index contributed by atoms with van der Waals surface area (Å²) >= 11 is 0. The van der Waals surface area contributed by atoms with Crippen LogP contribution in [0, 0.1) is 0 Å². The van der Waals surface area contributed by atoms with Crippen LogP contribution in [-0.4, -0.2) is 35.2 Å². The zero-order valence-corrected chi connectivity index (χ0v) is 14.8. The molecule has 0 aromatic heterocycles. The SMILES string of the molecule is C[C@@H]1CC[C@@H](C)P1/C(C=O)=C(/C=O)P1[C@H](C)CC[C@H]1C. The summed E-state index contributed by atoms with van der Waals surface area (Å²) in [6.45, 7) is 9.04. The average molecular weight is 312 g/mol. The van der Waals surface area contributed by atoms with Gasteiger partial charge in [0.15, 0.2) is 12.6 Å². The van der Waals surface area contributed by atoms with E-state index in [9.17, 15) is 9.59 Å². The lowest BCUT2D eigenvalue weighted by Gasteiger charge is -2.28. The van der Waals surface area contributed by atoms with Gasteiger partial charge in [-0.1, -0.05) is 43.5 Å². The molecule has 0 bridgehead atoms. The van der Waals surface area contributed by atoms with Crippen molar-refractivity contribution >= 4 is 28.4 Å². The highest BCUT2D eigenvalue weighted by molar-refractivity contribution is 7.69. The molecule has 0 aromatic carbocycles. The zero-order chi connectivity index (χ0) is 14.9. The fourth-order valence-corrected chi connectivity index (χ4v) is 10.8. The second-order valence-electron chi connectivity index (χ2n) is 6.37. The molecule has 0 saturated carbocycles. The van der Waals surface area contributed by atoms with E-state index in [1.54, 1.807) is 0 Å². The molecule has 0 aliphatic carbocycles. The van der Waals surface area contributed by atoms with Gasteiger partial charge < -0.3 is 0 Å². The number of rotatable bonds is 4. The predicted molar refractivity (Wildman–Crippen MR) is 89.3 cm³/mol. The summed E-state index contributed by atoms with van der Waals surface area (Å²) in [4.78, 5) is 23.5. The van der Waals surface area contributed by atoms with Crippen LogP contribution < -0.4 is 0 Å². The van der Waals surface area contributed by atoms with Gasteiger partial charge in [0.05, 0.1) is 0 Å². The molecular weight excluding hydrogens is 286 g/mol. The summed E-state index contributed by atoms with van der Waals surface area (Å²) in [6.07, 6.45) is 6.90. The van der Waals surface area contributed by atoms with Crippen molar-refractivity contribution in [1.82, 2.24) is 0 Å². The minimum Gasteiger partial charge on any atom is -0.298 e. The van der Waals surface area contributed by atoms with E-state index in [0.717, 1.165) is 23.2 Å². The fourth-order valence-electron chi connectivity index (χ4n) is 3.85. The Morgan fingerprint density at radius 2 is 0.950 bits per heavy atom. The molecule has 2 aliphatic heterocycles. The van der Waals surface area contributed by atoms with E-state index >= 15 is 0 Å². The van der Waals surface area contributed by atoms with Gasteiger partial charge in [-0.15, -0.1) is 0 Å². The maximum Gasteiger partial charge on any atom is 0.151 e. The molecule has 112 valence electrons. The van der Waals surface area contributed by atoms with Crippen molar-refractivity contribution in [3.63, 3.8) is 0 Å². The predicted octanol–water partition coefficient (Wildman–Crippen LogP) is 4.70. The lowest BCUT2D eigenvalue weighted by Crippen LogP contribution is -2.08. The summed E-state index contributed by atoms with van der Waals surface area (Å²) in [5.41, 5.74) is 2.38. The van der Waals surface area contributed by atoms with E-state index in [4.69, 9.17) is 0 Å². The van der Waals surface area contributed by atoms with Crippen LogP contribution in [0.1, 0.15) is 53.4 Å². The molecule has 0 spiro atoms. The number of carbonyl (C=O) groups is 2. The van der Waals surface area contributed by atoms with Gasteiger partial charge in [0.1, 0.15) is 0 Å². The van der Waals surface area contributed by atoms with Crippen molar-refractivity contribution in [1.29, 1.82) is 0 Å². The topological polar surface area (TPSA) is 34.1 Å². The van der Waals surface area contributed by atoms with Crippen molar-refractivity contribution in [2.75, 3.05) is 0 Å². The Balaban J connectivity index is 2.42. The molecule has 0 radical (unpaired) electrons. The molecule has 2 aliphatic rings. The van der Waals surface area contributed by atoms with E-state index < -0.39 is 15.8 Å². The van der Waals surface area contributed by atoms with Gasteiger partial charge in [0.25, 0.3) is 0 Å². The molecule has 20 heavy (non-hydrogen) atoms. The van der Waals surface area contributed by atoms with Crippen LogP contribution in [0.4, 0.5) is 0 Å². The van der Waals surface area contributed by atoms with Crippen LogP contribution >= 0.6 is 15.8 Å². The quantitative estimate of drug-likeness (QED) is 0.428. The van der Waals surface area contributed by atoms with Crippen molar-refractivity contribution in [3.05, 3.63) is 10.6 Å². The Morgan fingerprint density at radius 1 is 0.700 bits per heavy atom. The summed E-state index contributed by atoms with van der Waals surface area (Å²) in [7, 11) is -0.868. The minimum atomic E-state index is -0.434. The van der Waals surface area contributed by atoms with Gasteiger partial charge in [0, 0.05) is 10.6 Å². The van der Waals surface area contributed by atoms with Gasteiger partial charge in [0.2, 0.25) is 0 Å². The third-order valence-electron chi connectivity index (χ3n) is 4.95. The van der Waals surface area contributed by atoms with E-state index in [-0.39, 0.29) is 0 Å². The van der Waals surface area contributed by atoms with Crippen molar-refractivity contribution in [3.8, 4) is 0 Å². The first kappa shape index (κ1) is 16.3. The minimum absolute atomic E-state index is 0.434. The van der Waals surface area contributed by atoms with Gasteiger partial charge in [-0.3, -0.25) is 9.59 Å². The molecule has 2 heterocycles. The largest absolute Gasteiger partial charge is 0.298 e. The lowest BCUT2D eigenvalue weighted by atomic mass is 10.2. The van der Waals surface area contributed by atoms with Gasteiger partial charge in [-0.05, 0) is 48.3 Å². The van der Waals surface area contributed by atoms with Crippen molar-refractivity contribution < 1.29 is 9.59 Å². The Kier molecular flexibility index (Phi) is 5.55. The highest BCUT2D eigenvalue weighted by atomic mass is 31.1. The average Bonchev–Trinajstić information content (AvgIpc) is 2.92. The number of hydrogen-bond donors (Lipinski definition) is 0. The highest BCUT2D eigenvalue weighted by Gasteiger charge is 2.39. The van der Waals surface area contributed by atoms with Crippen LogP contribution in [0.2, 0.25) is 0 Å². The fraction of sp³-hybridized carbons (Fsp3) is 0.750. The first-order valence-electron chi connectivity index (χ1n) is 7.72. The van der Waals surface area contributed by atoms with Crippen LogP contribution in [0.25, 0.3) is 0 Å². The van der Waals surface area contributed by atoms with E-state index in [1.165, 1.54) is 25.7 Å². The monoisotopic (exact) mass is 312 g/mol. The first-order chi connectivity index (χ1) is 9.51. The number of carbonyl (C=O) groups excluding carboxylic acids is 2. The molecule has 4 atom stereocenters. The van der Waals surface area contributed by atoms with Gasteiger partial charge in [-0.25, -0.2) is 0 Å². The summed E-state index contributed by atoms with van der Waals surface area (Å²) in [5.74, 6) is 0. The third kappa shape index (κ3) is 2.93. The molecule has 0 amide bonds. The van der Waals surface area contributed by atoms with Gasteiger partial charge >= 0.3 is 0 Å². The second-order valence-corrected chi connectivity index (χ2v) is 12.5. The van der Waals surface area contributed by atoms with Crippen LogP contribution in [-0.2, 0) is 9.59 Å². The van der Waals surface area contributed by atoms with E-state index in [2.05, 4.69) is 27.7 Å². The Bertz CT molecular complexity index is 361. The van der Waals surface area contributed by atoms with Crippen LogP contribution in [0.3, 0.4) is 0 Å². The Hall–Kier alpha value is -0.0600. The zero-order valence-electron chi connectivity index (χ0n) is 13.0. The van der Waals surface area contributed by atoms with Crippen molar-refractivity contribution in [2.45, 2.75) is 76.0 Å². The molecule has 0 aromatic rings.